The number of hydrogen-bond donors (Lipinski definition) is 1. The lowest BCUT2D eigenvalue weighted by Crippen LogP contribution is -2.28. The number of pyridine rings is 1. The zero-order chi connectivity index (χ0) is 25.1. The third-order valence-electron chi connectivity index (χ3n) is 5.64. The van der Waals surface area contributed by atoms with Crippen LogP contribution in [0, 0.1) is 18.3 Å². The van der Waals surface area contributed by atoms with E-state index in [0.29, 0.717) is 50.0 Å². The summed E-state index contributed by atoms with van der Waals surface area (Å²) in [6.45, 7) is 4.44. The van der Waals surface area contributed by atoms with E-state index in [1.165, 1.54) is 21.2 Å². The number of nitrogens with one attached hydrogen (secondary N) is 1. The first-order chi connectivity index (χ1) is 16.8. The molecule has 0 spiro atoms. The van der Waals surface area contributed by atoms with Crippen molar-refractivity contribution in [3.63, 3.8) is 0 Å². The molecular weight excluding hydrogens is 504 g/mol. The Balaban J connectivity index is 1.76. The van der Waals surface area contributed by atoms with Crippen molar-refractivity contribution in [3.8, 4) is 6.07 Å². The minimum Gasteiger partial charge on any atom is -0.467 e. The standard InChI is InChI=1S/C25H21ClN4O3S2/c1-3-29-22(28-13-17-8-6-10-33-17)18(15(2)19(12-27)23(29)31)11-21-24(32)30(25(34)35-21)14-16-7-4-5-9-20(16)26/h4-11,28H,3,13-14H2,1-2H3/b21-11-. The second-order valence-corrected chi connectivity index (χ2v) is 9.80. The molecule has 1 fully saturated rings. The van der Waals surface area contributed by atoms with Crippen LogP contribution < -0.4 is 10.9 Å². The zero-order valence-corrected chi connectivity index (χ0v) is 21.4. The second kappa shape index (κ2) is 10.5. The maximum atomic E-state index is 13.3. The van der Waals surface area contributed by atoms with Crippen LogP contribution in [0.25, 0.3) is 6.08 Å². The van der Waals surface area contributed by atoms with E-state index in [1.54, 1.807) is 31.4 Å². The molecule has 1 aliphatic rings. The molecule has 0 unspecified atom stereocenters. The fraction of sp³-hybridized carbons (Fsp3) is 0.200. The number of carbonyl (C=O) groups excluding carboxylic acids is 1. The average molecular weight is 525 g/mol. The van der Waals surface area contributed by atoms with Crippen LogP contribution in [0.3, 0.4) is 0 Å². The van der Waals surface area contributed by atoms with E-state index >= 15 is 0 Å². The van der Waals surface area contributed by atoms with Gasteiger partial charge in [-0.1, -0.05) is 53.8 Å². The Hall–Kier alpha value is -3.32. The predicted octanol–water partition coefficient (Wildman–Crippen LogP) is 5.31. The number of halogens is 1. The number of aromatic nitrogens is 1. The fourth-order valence-electron chi connectivity index (χ4n) is 3.80. The summed E-state index contributed by atoms with van der Waals surface area (Å²) in [6.07, 6.45) is 3.26. The summed E-state index contributed by atoms with van der Waals surface area (Å²) in [4.78, 5) is 28.2. The Morgan fingerprint density at radius 1 is 1.26 bits per heavy atom. The highest BCUT2D eigenvalue weighted by molar-refractivity contribution is 8.26. The van der Waals surface area contributed by atoms with Gasteiger partial charge in [-0.2, -0.15) is 5.26 Å². The van der Waals surface area contributed by atoms with Crippen molar-refractivity contribution < 1.29 is 9.21 Å². The molecule has 1 aliphatic heterocycles. The zero-order valence-electron chi connectivity index (χ0n) is 19.0. The van der Waals surface area contributed by atoms with Gasteiger partial charge in [-0.25, -0.2) is 0 Å². The molecule has 3 aromatic rings. The first-order valence-corrected chi connectivity index (χ1v) is 12.4. The van der Waals surface area contributed by atoms with Gasteiger partial charge in [0, 0.05) is 17.1 Å². The first kappa shape index (κ1) is 24.8. The maximum Gasteiger partial charge on any atom is 0.270 e. The van der Waals surface area contributed by atoms with Crippen molar-refractivity contribution in [2.45, 2.75) is 33.5 Å². The van der Waals surface area contributed by atoms with E-state index < -0.39 is 5.56 Å². The van der Waals surface area contributed by atoms with Crippen LogP contribution in [0.1, 0.15) is 34.9 Å². The van der Waals surface area contributed by atoms with Gasteiger partial charge in [-0.05, 0) is 49.2 Å². The second-order valence-electron chi connectivity index (χ2n) is 7.72. The van der Waals surface area contributed by atoms with E-state index in [9.17, 15) is 14.9 Å². The lowest BCUT2D eigenvalue weighted by Gasteiger charge is -2.19. The average Bonchev–Trinajstić information content (AvgIpc) is 3.45. The summed E-state index contributed by atoms with van der Waals surface area (Å²) in [7, 11) is 0. The molecule has 1 N–H and O–H groups in total. The Labute approximate surface area is 217 Å². The summed E-state index contributed by atoms with van der Waals surface area (Å²) >= 11 is 12.9. The van der Waals surface area contributed by atoms with Crippen LogP contribution in [0.5, 0.6) is 0 Å². The van der Waals surface area contributed by atoms with Crippen LogP contribution in [0.2, 0.25) is 5.02 Å². The number of anilines is 1. The SMILES string of the molecule is CCn1c(NCc2ccco2)c(/C=C2\SC(=S)N(Cc3ccccc3Cl)C2=O)c(C)c(C#N)c1=O. The fourth-order valence-corrected chi connectivity index (χ4v) is 5.24. The summed E-state index contributed by atoms with van der Waals surface area (Å²) < 4.78 is 7.31. The molecule has 35 heavy (non-hydrogen) atoms. The molecule has 0 bridgehead atoms. The molecule has 10 heteroatoms. The minimum atomic E-state index is -0.391. The van der Waals surface area contributed by atoms with Crippen molar-refractivity contribution >= 4 is 57.7 Å². The number of benzene rings is 1. The summed E-state index contributed by atoms with van der Waals surface area (Å²) in [5, 5.41) is 13.5. The summed E-state index contributed by atoms with van der Waals surface area (Å²) in [5.74, 6) is 0.921. The number of thioether (sulfide) groups is 1. The topological polar surface area (TPSA) is 91.3 Å². The normalized spacial score (nSPS) is 14.6. The van der Waals surface area contributed by atoms with E-state index in [0.717, 1.165) is 5.56 Å². The van der Waals surface area contributed by atoms with Gasteiger partial charge in [0.25, 0.3) is 11.5 Å². The lowest BCUT2D eigenvalue weighted by molar-refractivity contribution is -0.122. The predicted molar refractivity (Wildman–Crippen MR) is 142 cm³/mol. The van der Waals surface area contributed by atoms with Gasteiger partial charge < -0.3 is 9.73 Å². The summed E-state index contributed by atoms with van der Waals surface area (Å²) in [5.41, 5.74) is 1.49. The van der Waals surface area contributed by atoms with Gasteiger partial charge in [0.15, 0.2) is 0 Å². The first-order valence-electron chi connectivity index (χ1n) is 10.8. The molecule has 4 rings (SSSR count). The molecule has 0 radical (unpaired) electrons. The Morgan fingerprint density at radius 2 is 2.03 bits per heavy atom. The van der Waals surface area contributed by atoms with Crippen LogP contribution in [-0.4, -0.2) is 19.7 Å². The number of amides is 1. The minimum absolute atomic E-state index is 0.0354. The van der Waals surface area contributed by atoms with Crippen molar-refractivity contribution in [1.82, 2.24) is 9.47 Å². The summed E-state index contributed by atoms with van der Waals surface area (Å²) in [6, 6.07) is 12.9. The number of hydrogen-bond acceptors (Lipinski definition) is 7. The highest BCUT2D eigenvalue weighted by Gasteiger charge is 2.33. The van der Waals surface area contributed by atoms with E-state index in [-0.39, 0.29) is 18.0 Å². The highest BCUT2D eigenvalue weighted by atomic mass is 35.5. The third-order valence-corrected chi connectivity index (χ3v) is 7.38. The Kier molecular flexibility index (Phi) is 7.45. The van der Waals surface area contributed by atoms with Crippen LogP contribution in [0.4, 0.5) is 5.82 Å². The van der Waals surface area contributed by atoms with Gasteiger partial charge in [0.2, 0.25) is 0 Å². The molecule has 3 heterocycles. The van der Waals surface area contributed by atoms with Crippen molar-refractivity contribution in [2.24, 2.45) is 0 Å². The Morgan fingerprint density at radius 3 is 2.69 bits per heavy atom. The van der Waals surface area contributed by atoms with Crippen molar-refractivity contribution in [1.29, 1.82) is 5.26 Å². The van der Waals surface area contributed by atoms with Gasteiger partial charge >= 0.3 is 0 Å². The number of carbonyl (C=O) groups is 1. The van der Waals surface area contributed by atoms with Gasteiger partial charge in [-0.3, -0.25) is 19.1 Å². The number of nitrogens with zero attached hydrogens (tertiary/aromatic N) is 3. The smallest absolute Gasteiger partial charge is 0.270 e. The molecule has 0 aliphatic carbocycles. The molecule has 7 nitrogen and oxygen atoms in total. The Bertz CT molecular complexity index is 1440. The number of furan rings is 1. The molecule has 1 amide bonds. The van der Waals surface area contributed by atoms with E-state index in [4.69, 9.17) is 28.2 Å². The molecule has 1 aromatic carbocycles. The quantitative estimate of drug-likeness (QED) is 0.331. The number of rotatable bonds is 7. The number of nitriles is 1. The largest absolute Gasteiger partial charge is 0.467 e. The van der Waals surface area contributed by atoms with Crippen LogP contribution in [0.15, 0.2) is 56.8 Å². The molecule has 1 saturated heterocycles. The maximum absolute atomic E-state index is 13.3. The van der Waals surface area contributed by atoms with Gasteiger partial charge in [-0.15, -0.1) is 0 Å². The molecule has 0 saturated carbocycles. The molecular formula is C25H21ClN4O3S2. The van der Waals surface area contributed by atoms with Crippen molar-refractivity contribution in [2.75, 3.05) is 5.32 Å². The number of thiocarbonyl (C=S) groups is 1. The monoisotopic (exact) mass is 524 g/mol. The van der Waals surface area contributed by atoms with E-state index in [2.05, 4.69) is 5.32 Å². The lowest BCUT2D eigenvalue weighted by atomic mass is 10.0. The van der Waals surface area contributed by atoms with Gasteiger partial charge in [0.05, 0.1) is 24.3 Å². The van der Waals surface area contributed by atoms with Crippen LogP contribution >= 0.6 is 35.6 Å². The van der Waals surface area contributed by atoms with Crippen molar-refractivity contribution in [3.05, 3.63) is 91.0 Å². The molecule has 0 atom stereocenters. The molecule has 178 valence electrons. The van der Waals surface area contributed by atoms with E-state index in [1.807, 2.05) is 37.3 Å². The highest BCUT2D eigenvalue weighted by Crippen LogP contribution is 2.36. The van der Waals surface area contributed by atoms with Crippen LogP contribution in [-0.2, 0) is 24.4 Å². The molecule has 2 aromatic heterocycles. The third kappa shape index (κ3) is 4.91. The van der Waals surface area contributed by atoms with Gasteiger partial charge in [0.1, 0.15) is 27.5 Å².